The summed E-state index contributed by atoms with van der Waals surface area (Å²) in [6, 6.07) is 11.8. The molecule has 2 atom stereocenters. The van der Waals surface area contributed by atoms with Gasteiger partial charge in [-0.2, -0.15) is 5.26 Å². The predicted octanol–water partition coefficient (Wildman–Crippen LogP) is 3.37. The van der Waals surface area contributed by atoms with Crippen molar-refractivity contribution in [1.29, 1.82) is 5.26 Å². The molecule has 3 rings (SSSR count). The number of ether oxygens (including phenoxy) is 1. The number of carbonyl (C=O) groups excluding carboxylic acids is 1. The van der Waals surface area contributed by atoms with Crippen LogP contribution in [0, 0.1) is 11.3 Å². The summed E-state index contributed by atoms with van der Waals surface area (Å²) < 4.78 is 5.51. The molecule has 1 aromatic carbocycles. The molecule has 2 fully saturated rings. The highest BCUT2D eigenvalue weighted by molar-refractivity contribution is 5.69. The molecular formula is C19H24N2O3. The van der Waals surface area contributed by atoms with Crippen LogP contribution in [0.15, 0.2) is 30.3 Å². The van der Waals surface area contributed by atoms with E-state index in [1.807, 2.05) is 35.2 Å². The monoisotopic (exact) mass is 328 g/mol. The topological polar surface area (TPSA) is 73.6 Å². The number of hydrogen-bond donors (Lipinski definition) is 1. The zero-order valence-electron chi connectivity index (χ0n) is 13.9. The Morgan fingerprint density at radius 2 is 1.96 bits per heavy atom. The van der Waals surface area contributed by atoms with E-state index in [2.05, 4.69) is 6.07 Å². The molecule has 5 heteroatoms. The smallest absolute Gasteiger partial charge is 0.410 e. The molecule has 0 aliphatic carbocycles. The maximum atomic E-state index is 12.6. The maximum Gasteiger partial charge on any atom is 0.410 e. The molecule has 0 saturated carbocycles. The van der Waals surface area contributed by atoms with E-state index in [0.717, 1.165) is 24.8 Å². The summed E-state index contributed by atoms with van der Waals surface area (Å²) in [7, 11) is 0. The van der Waals surface area contributed by atoms with Gasteiger partial charge < -0.3 is 14.7 Å². The van der Waals surface area contributed by atoms with Crippen molar-refractivity contribution in [3.05, 3.63) is 35.9 Å². The van der Waals surface area contributed by atoms with Gasteiger partial charge in [0.15, 0.2) is 0 Å². The van der Waals surface area contributed by atoms with Gasteiger partial charge in [-0.05, 0) is 44.1 Å². The molecule has 1 N–H and O–H groups in total. The minimum Gasteiger partial charge on any atom is -0.445 e. The van der Waals surface area contributed by atoms with Crippen LogP contribution >= 0.6 is 0 Å². The van der Waals surface area contributed by atoms with E-state index in [1.165, 1.54) is 0 Å². The van der Waals surface area contributed by atoms with E-state index < -0.39 is 5.60 Å². The van der Waals surface area contributed by atoms with Gasteiger partial charge in [0.25, 0.3) is 0 Å². The Labute approximate surface area is 142 Å². The second-order valence-electron chi connectivity index (χ2n) is 6.98. The van der Waals surface area contributed by atoms with Crippen LogP contribution in [0.5, 0.6) is 0 Å². The van der Waals surface area contributed by atoms with Gasteiger partial charge in [0.2, 0.25) is 0 Å². The van der Waals surface area contributed by atoms with Gasteiger partial charge in [-0.15, -0.1) is 0 Å². The summed E-state index contributed by atoms with van der Waals surface area (Å²) in [5, 5.41) is 19.6. The summed E-state index contributed by atoms with van der Waals surface area (Å²) >= 11 is 0. The zero-order valence-corrected chi connectivity index (χ0v) is 13.9. The number of aliphatic hydroxyl groups is 1. The summed E-state index contributed by atoms with van der Waals surface area (Å²) in [5.74, 6) is 0. The lowest BCUT2D eigenvalue weighted by Gasteiger charge is -2.51. The highest BCUT2D eigenvalue weighted by Crippen LogP contribution is 2.41. The Bertz CT molecular complexity index is 597. The SMILES string of the molecule is N#CCCC1(O)CC2CCCC(C1)N2C(=O)OCc1ccccc1. The molecule has 1 amide bonds. The molecule has 2 aliphatic heterocycles. The number of piperidine rings is 2. The van der Waals surface area contributed by atoms with Crippen LogP contribution in [-0.2, 0) is 11.3 Å². The van der Waals surface area contributed by atoms with Gasteiger partial charge in [0.05, 0.1) is 11.7 Å². The van der Waals surface area contributed by atoms with Crippen LogP contribution in [0.25, 0.3) is 0 Å². The summed E-state index contributed by atoms with van der Waals surface area (Å²) in [5.41, 5.74) is 0.153. The summed E-state index contributed by atoms with van der Waals surface area (Å²) in [4.78, 5) is 14.4. The minimum atomic E-state index is -0.818. The van der Waals surface area contributed by atoms with E-state index in [-0.39, 0.29) is 24.8 Å². The Morgan fingerprint density at radius 1 is 1.29 bits per heavy atom. The number of amides is 1. The number of hydrogen-bond acceptors (Lipinski definition) is 4. The van der Waals surface area contributed by atoms with Crippen LogP contribution in [-0.4, -0.2) is 33.8 Å². The zero-order chi connectivity index (χ0) is 17.0. The molecule has 1 aromatic rings. The van der Waals surface area contributed by atoms with Crippen molar-refractivity contribution in [2.45, 2.75) is 69.2 Å². The van der Waals surface area contributed by atoms with Crippen LogP contribution in [0.1, 0.15) is 50.5 Å². The quantitative estimate of drug-likeness (QED) is 0.919. The lowest BCUT2D eigenvalue weighted by atomic mass is 9.74. The summed E-state index contributed by atoms with van der Waals surface area (Å²) in [6.07, 6.45) is 4.52. The van der Waals surface area contributed by atoms with Gasteiger partial charge in [-0.1, -0.05) is 30.3 Å². The first kappa shape index (κ1) is 16.8. The van der Waals surface area contributed by atoms with E-state index in [0.29, 0.717) is 25.7 Å². The molecule has 128 valence electrons. The summed E-state index contributed by atoms with van der Waals surface area (Å²) in [6.45, 7) is 0.272. The number of nitriles is 1. The molecule has 2 saturated heterocycles. The van der Waals surface area contributed by atoms with Crippen LogP contribution < -0.4 is 0 Å². The number of benzene rings is 1. The van der Waals surface area contributed by atoms with Gasteiger partial charge in [0, 0.05) is 18.5 Å². The number of carbonyl (C=O) groups is 1. The van der Waals surface area contributed by atoms with Gasteiger partial charge in [-0.25, -0.2) is 4.79 Å². The molecule has 0 aromatic heterocycles. The molecule has 2 unspecified atom stereocenters. The third-order valence-electron chi connectivity index (χ3n) is 5.21. The van der Waals surface area contributed by atoms with Crippen molar-refractivity contribution in [1.82, 2.24) is 4.90 Å². The van der Waals surface area contributed by atoms with Crippen molar-refractivity contribution < 1.29 is 14.6 Å². The van der Waals surface area contributed by atoms with E-state index in [9.17, 15) is 9.90 Å². The van der Waals surface area contributed by atoms with Gasteiger partial charge in [0.1, 0.15) is 6.61 Å². The van der Waals surface area contributed by atoms with Crippen molar-refractivity contribution in [3.8, 4) is 6.07 Å². The fourth-order valence-corrected chi connectivity index (χ4v) is 4.11. The molecule has 2 bridgehead atoms. The first-order valence-corrected chi connectivity index (χ1v) is 8.70. The molecule has 0 radical (unpaired) electrons. The van der Waals surface area contributed by atoms with Crippen LogP contribution in [0.4, 0.5) is 4.79 Å². The predicted molar refractivity (Wildman–Crippen MR) is 88.9 cm³/mol. The Kier molecular flexibility index (Phi) is 5.06. The number of nitrogens with zero attached hydrogens (tertiary/aromatic N) is 2. The standard InChI is InChI=1S/C19H24N2O3/c20-11-5-10-19(23)12-16-8-4-9-17(13-19)21(16)18(22)24-14-15-6-2-1-3-7-15/h1-3,6-7,16-17,23H,4-5,8-10,12-14H2. The highest BCUT2D eigenvalue weighted by Gasteiger charge is 2.47. The normalized spacial score (nSPS) is 28.9. The first-order chi connectivity index (χ1) is 11.6. The van der Waals surface area contributed by atoms with Crippen molar-refractivity contribution in [2.75, 3.05) is 0 Å². The van der Waals surface area contributed by atoms with Crippen molar-refractivity contribution in [3.63, 3.8) is 0 Å². The third-order valence-corrected chi connectivity index (χ3v) is 5.21. The maximum absolute atomic E-state index is 12.6. The fourth-order valence-electron chi connectivity index (χ4n) is 4.11. The lowest BCUT2D eigenvalue weighted by Crippen LogP contribution is -2.59. The van der Waals surface area contributed by atoms with E-state index in [4.69, 9.17) is 10.00 Å². The second kappa shape index (κ2) is 7.23. The Hall–Kier alpha value is -2.06. The molecule has 5 nitrogen and oxygen atoms in total. The number of fused-ring (bicyclic) bond motifs is 2. The molecule has 24 heavy (non-hydrogen) atoms. The van der Waals surface area contributed by atoms with Crippen molar-refractivity contribution >= 4 is 6.09 Å². The molecule has 2 heterocycles. The highest BCUT2D eigenvalue weighted by atomic mass is 16.6. The lowest BCUT2D eigenvalue weighted by molar-refractivity contribution is -0.0883. The van der Waals surface area contributed by atoms with Gasteiger partial charge in [-0.3, -0.25) is 0 Å². The van der Waals surface area contributed by atoms with Crippen LogP contribution in [0.3, 0.4) is 0 Å². The largest absolute Gasteiger partial charge is 0.445 e. The van der Waals surface area contributed by atoms with E-state index >= 15 is 0 Å². The third kappa shape index (κ3) is 3.70. The molecule has 2 aliphatic rings. The average Bonchev–Trinajstić information content (AvgIpc) is 2.58. The van der Waals surface area contributed by atoms with Gasteiger partial charge >= 0.3 is 6.09 Å². The molecule has 0 spiro atoms. The average molecular weight is 328 g/mol. The Morgan fingerprint density at radius 3 is 2.58 bits per heavy atom. The molecular weight excluding hydrogens is 304 g/mol. The number of rotatable bonds is 4. The second-order valence-corrected chi connectivity index (χ2v) is 6.98. The van der Waals surface area contributed by atoms with E-state index in [1.54, 1.807) is 0 Å². The van der Waals surface area contributed by atoms with Crippen LogP contribution in [0.2, 0.25) is 0 Å². The Balaban J connectivity index is 1.63. The minimum absolute atomic E-state index is 0.0180. The fraction of sp³-hybridized carbons (Fsp3) is 0.579. The first-order valence-electron chi connectivity index (χ1n) is 8.70. The van der Waals surface area contributed by atoms with Crippen molar-refractivity contribution in [2.24, 2.45) is 0 Å².